The van der Waals surface area contributed by atoms with Gasteiger partial charge in [0.15, 0.2) is 5.82 Å². The van der Waals surface area contributed by atoms with Crippen molar-refractivity contribution in [3.05, 3.63) is 66.1 Å². The minimum absolute atomic E-state index is 0.165. The maximum atomic E-state index is 15.1. The summed E-state index contributed by atoms with van der Waals surface area (Å²) in [7, 11) is 0. The number of aromatic nitrogens is 4. The van der Waals surface area contributed by atoms with E-state index in [2.05, 4.69) is 37.7 Å². The summed E-state index contributed by atoms with van der Waals surface area (Å²) in [6, 6.07) is 16.2. The quantitative estimate of drug-likeness (QED) is 0.280. The maximum Gasteiger partial charge on any atom is 0.322 e. The predicted octanol–water partition coefficient (Wildman–Crippen LogP) is 3.35. The molecule has 0 amide bonds. The van der Waals surface area contributed by atoms with Crippen LogP contribution in [0.1, 0.15) is 24.5 Å². The van der Waals surface area contributed by atoms with Gasteiger partial charge in [-0.2, -0.15) is 9.67 Å². The van der Waals surface area contributed by atoms with Gasteiger partial charge in [0.25, 0.3) is 0 Å². The van der Waals surface area contributed by atoms with Gasteiger partial charge in [-0.25, -0.2) is 9.37 Å². The molecule has 2 aromatic carbocycles. The van der Waals surface area contributed by atoms with Crippen LogP contribution in [-0.2, 0) is 4.79 Å². The largest absolute Gasteiger partial charge is 0.480 e. The Hall–Kier alpha value is -4.71. The number of fused-ring (bicyclic) bond motifs is 2. The molecule has 1 atom stereocenters. The Morgan fingerprint density at radius 3 is 2.61 bits per heavy atom. The monoisotopic (exact) mass is 555 g/mol. The van der Waals surface area contributed by atoms with E-state index in [1.54, 1.807) is 17.0 Å². The average Bonchev–Trinajstić information content (AvgIpc) is 3.37. The van der Waals surface area contributed by atoms with Crippen molar-refractivity contribution in [3.8, 4) is 16.9 Å². The lowest BCUT2D eigenvalue weighted by molar-refractivity contribution is -0.139. The maximum absolute atomic E-state index is 15.1. The second-order valence-corrected chi connectivity index (χ2v) is 10.7. The van der Waals surface area contributed by atoms with Gasteiger partial charge in [-0.15, -0.1) is 5.10 Å². The Labute approximate surface area is 235 Å². The van der Waals surface area contributed by atoms with Crippen molar-refractivity contribution in [3.63, 3.8) is 0 Å². The minimum Gasteiger partial charge on any atom is -0.480 e. The molecule has 2 saturated heterocycles. The number of piperazine rings is 1. The summed E-state index contributed by atoms with van der Waals surface area (Å²) >= 11 is 0. The standard InChI is InChI=1S/C29H30FN9O2/c30-21-14-19(6-7-23(21)38-13-10-32-22(16-38)27(40)41)33-29-35-28(31)39(36-29)24-15-20(17-4-2-1-3-5-17)26-25(34-24)18-8-11-37(26)12-9-18/h1-7,14-15,18,22,32H,8-13,16H2,(H,40,41)(H3,31,33,35,36). The van der Waals surface area contributed by atoms with Crippen LogP contribution in [0, 0.1) is 5.82 Å². The number of hydrogen-bond acceptors (Lipinski definition) is 9. The van der Waals surface area contributed by atoms with Gasteiger partial charge in [0.2, 0.25) is 11.9 Å². The Morgan fingerprint density at radius 2 is 1.85 bits per heavy atom. The summed E-state index contributed by atoms with van der Waals surface area (Å²) < 4.78 is 16.6. The smallest absolute Gasteiger partial charge is 0.322 e. The molecule has 2 aromatic heterocycles. The van der Waals surface area contributed by atoms with E-state index < -0.39 is 17.8 Å². The van der Waals surface area contributed by atoms with E-state index in [4.69, 9.17) is 10.7 Å². The average molecular weight is 556 g/mol. The number of aliphatic carboxylic acids is 1. The van der Waals surface area contributed by atoms with Gasteiger partial charge in [-0.1, -0.05) is 30.3 Å². The lowest BCUT2D eigenvalue weighted by Gasteiger charge is -2.42. The molecule has 0 radical (unpaired) electrons. The van der Waals surface area contributed by atoms with Gasteiger partial charge < -0.3 is 31.3 Å². The van der Waals surface area contributed by atoms with Gasteiger partial charge in [-0.05, 0) is 42.7 Å². The molecule has 0 spiro atoms. The molecule has 4 aliphatic rings. The van der Waals surface area contributed by atoms with Gasteiger partial charge in [0, 0.05) is 49.9 Å². The summed E-state index contributed by atoms with van der Waals surface area (Å²) in [4.78, 5) is 24.9. The zero-order valence-electron chi connectivity index (χ0n) is 22.3. The molecule has 4 aliphatic heterocycles. The van der Waals surface area contributed by atoms with Crippen molar-refractivity contribution >= 4 is 34.9 Å². The van der Waals surface area contributed by atoms with E-state index in [1.807, 2.05) is 24.3 Å². The first-order valence-electron chi connectivity index (χ1n) is 13.8. The molecule has 6 heterocycles. The van der Waals surface area contributed by atoms with Gasteiger partial charge in [-0.3, -0.25) is 4.79 Å². The molecule has 4 aromatic rings. The van der Waals surface area contributed by atoms with Crippen LogP contribution in [0.4, 0.5) is 33.3 Å². The van der Waals surface area contributed by atoms with Crippen LogP contribution in [0.3, 0.4) is 0 Å². The molecular formula is C29H30FN9O2. The summed E-state index contributed by atoms with van der Waals surface area (Å²) in [5.41, 5.74) is 11.6. The number of benzene rings is 2. The first kappa shape index (κ1) is 25.3. The normalized spacial score (nSPS) is 18.4. The number of carboxylic acids is 1. The van der Waals surface area contributed by atoms with Gasteiger partial charge in [0.05, 0.1) is 17.1 Å². The number of halogens is 1. The van der Waals surface area contributed by atoms with Crippen LogP contribution >= 0.6 is 0 Å². The highest BCUT2D eigenvalue weighted by Crippen LogP contribution is 2.46. The van der Waals surface area contributed by atoms with E-state index in [0.717, 1.165) is 42.8 Å². The zero-order valence-corrected chi connectivity index (χ0v) is 22.3. The third-order valence-electron chi connectivity index (χ3n) is 8.16. The summed E-state index contributed by atoms with van der Waals surface area (Å²) in [6.45, 7) is 3.20. The molecule has 11 nitrogen and oxygen atoms in total. The molecule has 0 saturated carbocycles. The fourth-order valence-corrected chi connectivity index (χ4v) is 6.13. The van der Waals surface area contributed by atoms with Crippen LogP contribution in [0.5, 0.6) is 0 Å². The highest BCUT2D eigenvalue weighted by atomic mass is 19.1. The molecule has 210 valence electrons. The number of nitrogens with zero attached hydrogens (tertiary/aromatic N) is 6. The van der Waals surface area contributed by atoms with Crippen LogP contribution in [0.15, 0.2) is 54.6 Å². The Bertz CT molecular complexity index is 1620. The van der Waals surface area contributed by atoms with Gasteiger partial charge in [0.1, 0.15) is 11.9 Å². The molecule has 12 heteroatoms. The minimum atomic E-state index is -0.957. The number of nitrogens with two attached hydrogens (primary N) is 1. The number of piperidine rings is 1. The van der Waals surface area contributed by atoms with Crippen molar-refractivity contribution in [2.24, 2.45) is 0 Å². The SMILES string of the molecule is Nc1nc(Nc2ccc(N3CCNC(C(=O)O)C3)c(F)c2)nn1-c1cc(-c2ccccc2)c2c(n1)C1CCN2CC1. The van der Waals surface area contributed by atoms with E-state index in [-0.39, 0.29) is 18.4 Å². The number of nitrogens with one attached hydrogen (secondary N) is 2. The Kier molecular flexibility index (Phi) is 6.19. The second-order valence-electron chi connectivity index (χ2n) is 10.7. The van der Waals surface area contributed by atoms with Crippen molar-refractivity contribution in [2.75, 3.05) is 53.6 Å². The number of carbonyl (C=O) groups is 1. The van der Waals surface area contributed by atoms with Crippen LogP contribution in [0.2, 0.25) is 0 Å². The molecule has 2 bridgehead atoms. The fourth-order valence-electron chi connectivity index (χ4n) is 6.13. The molecule has 1 unspecified atom stereocenters. The van der Waals surface area contributed by atoms with Crippen molar-refractivity contribution in [1.82, 2.24) is 25.1 Å². The van der Waals surface area contributed by atoms with Crippen molar-refractivity contribution < 1.29 is 14.3 Å². The van der Waals surface area contributed by atoms with E-state index in [1.165, 1.54) is 16.4 Å². The third-order valence-corrected chi connectivity index (χ3v) is 8.16. The molecular weight excluding hydrogens is 525 g/mol. The van der Waals surface area contributed by atoms with Crippen LogP contribution < -0.4 is 26.2 Å². The van der Waals surface area contributed by atoms with E-state index >= 15 is 4.39 Å². The van der Waals surface area contributed by atoms with E-state index in [0.29, 0.717) is 36.2 Å². The highest BCUT2D eigenvalue weighted by Gasteiger charge is 2.35. The van der Waals surface area contributed by atoms with E-state index in [9.17, 15) is 9.90 Å². The topological polar surface area (TPSA) is 137 Å². The molecule has 0 aliphatic carbocycles. The highest BCUT2D eigenvalue weighted by molar-refractivity contribution is 5.83. The first-order chi connectivity index (χ1) is 19.9. The summed E-state index contributed by atoms with van der Waals surface area (Å²) in [5.74, 6) is -0.0682. The van der Waals surface area contributed by atoms with Gasteiger partial charge >= 0.3 is 5.97 Å². The number of nitrogen functional groups attached to an aromatic ring is 1. The van der Waals surface area contributed by atoms with Crippen LogP contribution in [0.25, 0.3) is 16.9 Å². The Balaban J connectivity index is 1.18. The first-order valence-corrected chi connectivity index (χ1v) is 13.8. The zero-order chi connectivity index (χ0) is 28.1. The number of hydrogen-bond donors (Lipinski definition) is 4. The molecule has 41 heavy (non-hydrogen) atoms. The lowest BCUT2D eigenvalue weighted by atomic mass is 9.84. The number of anilines is 5. The predicted molar refractivity (Wildman–Crippen MR) is 155 cm³/mol. The number of rotatable bonds is 6. The van der Waals surface area contributed by atoms with Crippen LogP contribution in [-0.4, -0.2) is 69.6 Å². The lowest BCUT2D eigenvalue weighted by Crippen LogP contribution is -2.54. The summed E-state index contributed by atoms with van der Waals surface area (Å²) in [5, 5.41) is 19.9. The van der Waals surface area contributed by atoms with Crippen molar-refractivity contribution in [2.45, 2.75) is 24.8 Å². The molecule has 5 N–H and O–H groups in total. The second kappa shape index (κ2) is 10.0. The number of pyridine rings is 1. The Morgan fingerprint density at radius 1 is 1.05 bits per heavy atom. The fraction of sp³-hybridized carbons (Fsp3) is 0.310. The van der Waals surface area contributed by atoms with Crippen molar-refractivity contribution in [1.29, 1.82) is 0 Å². The third kappa shape index (κ3) is 4.59. The number of carboxylic acid groups (broad SMARTS) is 1. The molecule has 2 fully saturated rings. The summed E-state index contributed by atoms with van der Waals surface area (Å²) in [6.07, 6.45) is 2.15. The molecule has 8 rings (SSSR count).